The molecule has 0 aromatic carbocycles. The van der Waals surface area contributed by atoms with Gasteiger partial charge in [-0.15, -0.1) is 0 Å². The van der Waals surface area contributed by atoms with E-state index >= 15 is 0 Å². The molecule has 13 nitrogen and oxygen atoms in total. The average Bonchev–Trinajstić information content (AvgIpc) is 2.77. The first-order chi connectivity index (χ1) is 15.5. The summed E-state index contributed by atoms with van der Waals surface area (Å²) in [5.74, 6) is 3.66. The lowest BCUT2D eigenvalue weighted by Gasteiger charge is -2.10. The van der Waals surface area contributed by atoms with Crippen molar-refractivity contribution >= 4 is 17.8 Å². The molecule has 1 atom stereocenters. The monoisotopic (exact) mass is 465 g/mol. The van der Waals surface area contributed by atoms with Crippen LogP contribution in [-0.2, 0) is 33.3 Å². The quantitative estimate of drug-likeness (QED) is 0.0537. The number of carboxylic acid groups (broad SMARTS) is 1. The van der Waals surface area contributed by atoms with Crippen molar-refractivity contribution in [2.45, 2.75) is 25.3 Å². The molecule has 32 heavy (non-hydrogen) atoms. The molecule has 0 unspecified atom stereocenters. The Balaban J connectivity index is 3.37. The van der Waals surface area contributed by atoms with Crippen molar-refractivity contribution < 1.29 is 38.4 Å². The largest absolute Gasteiger partial charge is 0.480 e. The number of hydrogen-bond acceptors (Lipinski definition) is 10. The van der Waals surface area contributed by atoms with Gasteiger partial charge in [0.25, 0.3) is 0 Å². The standard InChI is InChI=1S/C19H39N5O8/c1-21-6-8-29-10-12-32-15-18(26)23-7-9-30-11-13-31-14-17(25)22-5-3-2-4-16(24-20)19(27)28/h16,21,24H,2-15,20H2,1H3,(H,22,25)(H,23,26)(H,27,28)/t16-/m0/s1. The predicted molar refractivity (Wildman–Crippen MR) is 116 cm³/mol. The molecule has 0 radical (unpaired) electrons. The summed E-state index contributed by atoms with van der Waals surface area (Å²) in [5, 5.41) is 17.1. The Labute approximate surface area is 189 Å². The second-order valence-corrected chi connectivity index (χ2v) is 6.69. The average molecular weight is 466 g/mol. The van der Waals surface area contributed by atoms with E-state index in [2.05, 4.69) is 21.4 Å². The van der Waals surface area contributed by atoms with Crippen LogP contribution in [0.5, 0.6) is 0 Å². The summed E-state index contributed by atoms with van der Waals surface area (Å²) in [5.41, 5.74) is 2.23. The number of aliphatic carboxylic acids is 1. The molecular formula is C19H39N5O8. The van der Waals surface area contributed by atoms with Crippen LogP contribution in [-0.4, -0.2) is 108 Å². The van der Waals surface area contributed by atoms with Gasteiger partial charge in [-0.05, 0) is 26.3 Å². The summed E-state index contributed by atoms with van der Waals surface area (Å²) in [6.07, 6.45) is 1.64. The van der Waals surface area contributed by atoms with Gasteiger partial charge in [0.2, 0.25) is 11.8 Å². The van der Waals surface area contributed by atoms with E-state index in [4.69, 9.17) is 29.9 Å². The van der Waals surface area contributed by atoms with E-state index in [9.17, 15) is 14.4 Å². The van der Waals surface area contributed by atoms with Crippen molar-refractivity contribution in [2.24, 2.45) is 5.84 Å². The SMILES string of the molecule is CNCCOCCOCC(=O)NCCOCCOCC(=O)NCCCC[C@H](NN)C(=O)O. The van der Waals surface area contributed by atoms with E-state index in [0.717, 1.165) is 6.54 Å². The Hall–Kier alpha value is -1.87. The summed E-state index contributed by atoms with van der Waals surface area (Å²) in [4.78, 5) is 33.9. The summed E-state index contributed by atoms with van der Waals surface area (Å²) < 4.78 is 21.0. The lowest BCUT2D eigenvalue weighted by molar-refractivity contribution is -0.139. The number of nitrogens with one attached hydrogen (secondary N) is 4. The van der Waals surface area contributed by atoms with Gasteiger partial charge in [0.1, 0.15) is 19.3 Å². The molecule has 7 N–H and O–H groups in total. The number of hydrazine groups is 1. The van der Waals surface area contributed by atoms with E-state index in [1.54, 1.807) is 0 Å². The molecule has 0 aromatic rings. The predicted octanol–water partition coefficient (Wildman–Crippen LogP) is -2.41. The highest BCUT2D eigenvalue weighted by atomic mass is 16.5. The Morgan fingerprint density at radius 3 is 1.84 bits per heavy atom. The third kappa shape index (κ3) is 20.1. The molecule has 0 saturated carbocycles. The van der Waals surface area contributed by atoms with Gasteiger partial charge < -0.3 is 40.0 Å². The van der Waals surface area contributed by atoms with Gasteiger partial charge in [-0.25, -0.2) is 5.43 Å². The molecule has 0 aliphatic heterocycles. The first-order valence-corrected chi connectivity index (χ1v) is 10.7. The number of unbranched alkanes of at least 4 members (excludes halogenated alkanes) is 1. The number of carboxylic acids is 1. The maximum Gasteiger partial charge on any atom is 0.322 e. The molecule has 13 heteroatoms. The Morgan fingerprint density at radius 1 is 0.781 bits per heavy atom. The number of rotatable bonds is 23. The van der Waals surface area contributed by atoms with Gasteiger partial charge in [0.15, 0.2) is 0 Å². The van der Waals surface area contributed by atoms with Gasteiger partial charge in [0.05, 0.1) is 39.6 Å². The number of nitrogens with two attached hydrogens (primary N) is 1. The van der Waals surface area contributed by atoms with Crippen LogP contribution >= 0.6 is 0 Å². The van der Waals surface area contributed by atoms with Crippen LogP contribution in [0.2, 0.25) is 0 Å². The second-order valence-electron chi connectivity index (χ2n) is 6.69. The molecule has 0 bridgehead atoms. The molecule has 0 aromatic heterocycles. The minimum absolute atomic E-state index is 0.0301. The molecule has 0 saturated heterocycles. The van der Waals surface area contributed by atoms with Gasteiger partial charge in [-0.2, -0.15) is 0 Å². The molecule has 188 valence electrons. The topological polar surface area (TPSA) is 182 Å². The third-order valence-corrected chi connectivity index (χ3v) is 4.02. The lowest BCUT2D eigenvalue weighted by atomic mass is 10.1. The molecule has 2 amide bonds. The minimum Gasteiger partial charge on any atom is -0.480 e. The zero-order valence-corrected chi connectivity index (χ0v) is 18.9. The van der Waals surface area contributed by atoms with Crippen molar-refractivity contribution in [3.63, 3.8) is 0 Å². The van der Waals surface area contributed by atoms with E-state index in [0.29, 0.717) is 65.4 Å². The third-order valence-electron chi connectivity index (χ3n) is 4.02. The lowest BCUT2D eigenvalue weighted by Crippen LogP contribution is -2.41. The molecule has 0 heterocycles. The van der Waals surface area contributed by atoms with Crippen molar-refractivity contribution in [1.82, 2.24) is 21.4 Å². The number of ether oxygens (including phenoxy) is 4. The van der Waals surface area contributed by atoms with Crippen LogP contribution in [0.25, 0.3) is 0 Å². The van der Waals surface area contributed by atoms with Crippen LogP contribution < -0.4 is 27.2 Å². The van der Waals surface area contributed by atoms with Crippen molar-refractivity contribution in [1.29, 1.82) is 0 Å². The van der Waals surface area contributed by atoms with E-state index in [-0.39, 0.29) is 31.6 Å². The summed E-state index contributed by atoms with van der Waals surface area (Å²) in [7, 11) is 1.84. The Morgan fingerprint density at radius 2 is 1.31 bits per heavy atom. The fourth-order valence-corrected chi connectivity index (χ4v) is 2.29. The van der Waals surface area contributed by atoms with E-state index in [1.807, 2.05) is 7.05 Å². The van der Waals surface area contributed by atoms with Crippen LogP contribution in [0.1, 0.15) is 19.3 Å². The molecule has 0 fully saturated rings. The number of likely N-dealkylation sites (N-methyl/N-ethyl adjacent to an activating group) is 1. The number of carbonyl (C=O) groups is 3. The molecule has 0 spiro atoms. The molecule has 0 aliphatic rings. The summed E-state index contributed by atoms with van der Waals surface area (Å²) in [6, 6.07) is -0.783. The summed E-state index contributed by atoms with van der Waals surface area (Å²) >= 11 is 0. The normalized spacial score (nSPS) is 11.8. The highest BCUT2D eigenvalue weighted by Gasteiger charge is 2.14. The molecule has 0 rings (SSSR count). The highest BCUT2D eigenvalue weighted by Crippen LogP contribution is 1.99. The van der Waals surface area contributed by atoms with Gasteiger partial charge in [-0.3, -0.25) is 20.2 Å². The zero-order chi connectivity index (χ0) is 23.9. The fraction of sp³-hybridized carbons (Fsp3) is 0.842. The van der Waals surface area contributed by atoms with Gasteiger partial charge in [-0.1, -0.05) is 0 Å². The van der Waals surface area contributed by atoms with Crippen molar-refractivity contribution in [2.75, 3.05) is 79.5 Å². The van der Waals surface area contributed by atoms with Crippen LogP contribution in [0, 0.1) is 0 Å². The maximum absolute atomic E-state index is 11.6. The maximum atomic E-state index is 11.6. The molecular weight excluding hydrogens is 426 g/mol. The van der Waals surface area contributed by atoms with Crippen molar-refractivity contribution in [3.8, 4) is 0 Å². The number of hydrogen-bond donors (Lipinski definition) is 6. The van der Waals surface area contributed by atoms with Crippen LogP contribution in [0.4, 0.5) is 0 Å². The van der Waals surface area contributed by atoms with Crippen LogP contribution in [0.3, 0.4) is 0 Å². The highest BCUT2D eigenvalue weighted by molar-refractivity contribution is 5.77. The van der Waals surface area contributed by atoms with Crippen molar-refractivity contribution in [3.05, 3.63) is 0 Å². The Kier molecular flexibility index (Phi) is 21.0. The minimum atomic E-state index is -0.999. The summed E-state index contributed by atoms with van der Waals surface area (Å²) in [6.45, 7) is 3.70. The smallest absolute Gasteiger partial charge is 0.322 e. The van der Waals surface area contributed by atoms with Gasteiger partial charge >= 0.3 is 5.97 Å². The second kappa shape index (κ2) is 22.3. The first kappa shape index (κ1) is 30.1. The van der Waals surface area contributed by atoms with E-state index in [1.165, 1.54) is 0 Å². The van der Waals surface area contributed by atoms with Gasteiger partial charge in [0, 0.05) is 19.6 Å². The first-order valence-electron chi connectivity index (χ1n) is 10.7. The van der Waals surface area contributed by atoms with E-state index < -0.39 is 12.0 Å². The molecule has 0 aliphatic carbocycles. The number of carbonyl (C=O) groups excluding carboxylic acids is 2. The fourth-order valence-electron chi connectivity index (χ4n) is 2.29. The number of amides is 2. The van der Waals surface area contributed by atoms with Crippen LogP contribution in [0.15, 0.2) is 0 Å². The Bertz CT molecular complexity index is 498. The zero-order valence-electron chi connectivity index (χ0n) is 18.9.